The summed E-state index contributed by atoms with van der Waals surface area (Å²) in [4.78, 5) is 40.1. The first kappa shape index (κ1) is 22.4. The standard InChI is InChI=1S/C23H29N3O5/c1-6-31-22(28)21-14(2)20(15(3)25(21)4)18(27)13-26(16-11-12-16)23(29)24-17-9-7-8-10-19(17)30-5/h7-10,16H,6,11-13H2,1-5H3,(H,24,29). The summed E-state index contributed by atoms with van der Waals surface area (Å²) in [5, 5.41) is 2.85. The van der Waals surface area contributed by atoms with Crippen LogP contribution in [0.25, 0.3) is 0 Å². The maximum absolute atomic E-state index is 13.2. The van der Waals surface area contributed by atoms with Crippen LogP contribution >= 0.6 is 0 Å². The molecule has 166 valence electrons. The van der Waals surface area contributed by atoms with Gasteiger partial charge in [-0.1, -0.05) is 12.1 Å². The summed E-state index contributed by atoms with van der Waals surface area (Å²) in [7, 11) is 3.27. The van der Waals surface area contributed by atoms with Crippen molar-refractivity contribution in [3.63, 3.8) is 0 Å². The number of urea groups is 1. The topological polar surface area (TPSA) is 89.9 Å². The molecule has 3 rings (SSSR count). The largest absolute Gasteiger partial charge is 0.495 e. The van der Waals surface area contributed by atoms with Gasteiger partial charge in [0.1, 0.15) is 11.4 Å². The fourth-order valence-electron chi connectivity index (χ4n) is 3.80. The van der Waals surface area contributed by atoms with E-state index < -0.39 is 5.97 Å². The van der Waals surface area contributed by atoms with Crippen LogP contribution in [-0.4, -0.2) is 53.6 Å². The molecule has 0 unspecified atom stereocenters. The molecule has 0 aliphatic heterocycles. The van der Waals surface area contributed by atoms with Crippen molar-refractivity contribution >= 4 is 23.5 Å². The van der Waals surface area contributed by atoms with Crippen molar-refractivity contribution in [3.8, 4) is 5.75 Å². The van der Waals surface area contributed by atoms with Crippen molar-refractivity contribution in [2.75, 3.05) is 25.6 Å². The number of carbonyl (C=O) groups is 3. The Bertz CT molecular complexity index is 1010. The van der Waals surface area contributed by atoms with Gasteiger partial charge in [0, 0.05) is 24.3 Å². The third-order valence-corrected chi connectivity index (χ3v) is 5.59. The molecular weight excluding hydrogens is 398 g/mol. The van der Waals surface area contributed by atoms with Crippen molar-refractivity contribution in [1.82, 2.24) is 9.47 Å². The van der Waals surface area contributed by atoms with E-state index in [4.69, 9.17) is 9.47 Å². The minimum absolute atomic E-state index is 0.0208. The second-order valence-electron chi connectivity index (χ2n) is 7.63. The molecular formula is C23H29N3O5. The Morgan fingerprint density at radius 2 is 1.87 bits per heavy atom. The highest BCUT2D eigenvalue weighted by Crippen LogP contribution is 2.30. The van der Waals surface area contributed by atoms with Gasteiger partial charge < -0.3 is 24.3 Å². The Morgan fingerprint density at radius 3 is 2.48 bits per heavy atom. The molecule has 1 N–H and O–H groups in total. The van der Waals surface area contributed by atoms with Gasteiger partial charge in [0.25, 0.3) is 0 Å². The Morgan fingerprint density at radius 1 is 1.19 bits per heavy atom. The number of aromatic nitrogens is 1. The number of anilines is 1. The van der Waals surface area contributed by atoms with E-state index >= 15 is 0 Å². The maximum atomic E-state index is 13.2. The number of Topliss-reactive ketones (excluding diaryl/α,β-unsaturated/α-hetero) is 1. The van der Waals surface area contributed by atoms with Crippen molar-refractivity contribution in [2.24, 2.45) is 7.05 Å². The van der Waals surface area contributed by atoms with Gasteiger partial charge in [-0.25, -0.2) is 9.59 Å². The van der Waals surface area contributed by atoms with E-state index in [-0.39, 0.29) is 31.0 Å². The number of methoxy groups -OCH3 is 1. The number of ether oxygens (including phenoxy) is 2. The molecule has 2 aromatic rings. The summed E-state index contributed by atoms with van der Waals surface area (Å²) in [5.41, 5.74) is 2.61. The quantitative estimate of drug-likeness (QED) is 0.512. The third-order valence-electron chi connectivity index (χ3n) is 5.59. The highest BCUT2D eigenvalue weighted by atomic mass is 16.5. The lowest BCUT2D eigenvalue weighted by Gasteiger charge is -2.23. The zero-order valence-electron chi connectivity index (χ0n) is 18.7. The average molecular weight is 428 g/mol. The number of amides is 2. The zero-order chi connectivity index (χ0) is 22.7. The lowest BCUT2D eigenvalue weighted by Crippen LogP contribution is -2.40. The molecule has 0 radical (unpaired) electrons. The van der Waals surface area contributed by atoms with Crippen molar-refractivity contribution in [1.29, 1.82) is 0 Å². The first-order chi connectivity index (χ1) is 14.8. The summed E-state index contributed by atoms with van der Waals surface area (Å²) in [6, 6.07) is 6.80. The first-order valence-electron chi connectivity index (χ1n) is 10.4. The van der Waals surface area contributed by atoms with E-state index in [1.54, 1.807) is 55.5 Å². The summed E-state index contributed by atoms with van der Waals surface area (Å²) >= 11 is 0. The normalized spacial score (nSPS) is 12.9. The van der Waals surface area contributed by atoms with Crippen molar-refractivity contribution < 1.29 is 23.9 Å². The van der Waals surface area contributed by atoms with E-state index in [1.807, 2.05) is 6.07 Å². The van der Waals surface area contributed by atoms with Gasteiger partial charge in [0.05, 0.1) is 25.9 Å². The number of carbonyl (C=O) groups excluding carboxylic acids is 3. The number of hydrogen-bond donors (Lipinski definition) is 1. The van der Waals surface area contributed by atoms with Crippen LogP contribution in [0.15, 0.2) is 24.3 Å². The van der Waals surface area contributed by atoms with E-state index in [2.05, 4.69) is 5.32 Å². The minimum atomic E-state index is -0.461. The molecule has 1 saturated carbocycles. The minimum Gasteiger partial charge on any atom is -0.495 e. The molecule has 0 bridgehead atoms. The van der Waals surface area contributed by atoms with Crippen molar-refractivity contribution in [2.45, 2.75) is 39.7 Å². The predicted octanol–water partition coefficient (Wildman–Crippen LogP) is 3.71. The van der Waals surface area contributed by atoms with Crippen LogP contribution in [0, 0.1) is 13.8 Å². The number of esters is 1. The summed E-state index contributed by atoms with van der Waals surface area (Å²) in [5.74, 6) is -0.118. The summed E-state index contributed by atoms with van der Waals surface area (Å²) < 4.78 is 12.1. The van der Waals surface area contributed by atoms with Crippen LogP contribution in [0.1, 0.15) is 51.9 Å². The average Bonchev–Trinajstić information content (AvgIpc) is 3.54. The molecule has 2 amide bonds. The number of benzene rings is 1. The van der Waals surface area contributed by atoms with E-state index in [0.717, 1.165) is 12.8 Å². The lowest BCUT2D eigenvalue weighted by atomic mass is 10.1. The molecule has 8 nitrogen and oxygen atoms in total. The number of nitrogens with one attached hydrogen (secondary N) is 1. The second kappa shape index (κ2) is 9.24. The molecule has 1 aliphatic rings. The predicted molar refractivity (Wildman–Crippen MR) is 117 cm³/mol. The molecule has 1 heterocycles. The molecule has 0 spiro atoms. The number of hydrogen-bond acceptors (Lipinski definition) is 5. The number of para-hydroxylation sites is 2. The van der Waals surface area contributed by atoms with Crippen LogP contribution in [0.5, 0.6) is 5.75 Å². The Kier molecular flexibility index (Phi) is 6.68. The van der Waals surface area contributed by atoms with Gasteiger partial charge in [-0.2, -0.15) is 0 Å². The van der Waals surface area contributed by atoms with Crippen molar-refractivity contribution in [3.05, 3.63) is 46.8 Å². The second-order valence-corrected chi connectivity index (χ2v) is 7.63. The summed E-state index contributed by atoms with van der Waals surface area (Å²) in [6.45, 7) is 5.45. The molecule has 31 heavy (non-hydrogen) atoms. The molecule has 1 aromatic carbocycles. The van der Waals surface area contributed by atoms with Crippen LogP contribution in [0.2, 0.25) is 0 Å². The van der Waals surface area contributed by atoms with Gasteiger partial charge in [-0.05, 0) is 51.3 Å². The Labute approximate surface area is 182 Å². The monoisotopic (exact) mass is 427 g/mol. The van der Waals surface area contributed by atoms with Gasteiger partial charge in [0.2, 0.25) is 0 Å². The van der Waals surface area contributed by atoms with E-state index in [0.29, 0.717) is 34.0 Å². The molecule has 1 fully saturated rings. The summed E-state index contributed by atoms with van der Waals surface area (Å²) in [6.07, 6.45) is 1.71. The molecule has 1 aromatic heterocycles. The smallest absolute Gasteiger partial charge is 0.355 e. The van der Waals surface area contributed by atoms with Crippen LogP contribution in [0.4, 0.5) is 10.5 Å². The van der Waals surface area contributed by atoms with Gasteiger partial charge in [0.15, 0.2) is 5.78 Å². The SMILES string of the molecule is CCOC(=O)c1c(C)c(C(=O)CN(C(=O)Nc2ccccc2OC)C2CC2)c(C)n1C. The highest BCUT2D eigenvalue weighted by Gasteiger charge is 2.36. The van der Waals surface area contributed by atoms with Crippen LogP contribution in [-0.2, 0) is 11.8 Å². The zero-order valence-corrected chi connectivity index (χ0v) is 18.7. The van der Waals surface area contributed by atoms with E-state index in [9.17, 15) is 14.4 Å². The first-order valence-corrected chi connectivity index (χ1v) is 10.4. The lowest BCUT2D eigenvalue weighted by molar-refractivity contribution is 0.0514. The van der Waals surface area contributed by atoms with Gasteiger partial charge in [-0.15, -0.1) is 0 Å². The number of rotatable bonds is 8. The van der Waals surface area contributed by atoms with Gasteiger partial charge in [-0.3, -0.25) is 4.79 Å². The molecule has 0 atom stereocenters. The highest BCUT2D eigenvalue weighted by molar-refractivity contribution is 6.05. The van der Waals surface area contributed by atoms with E-state index in [1.165, 1.54) is 7.11 Å². The number of nitrogens with zero attached hydrogens (tertiary/aromatic N) is 2. The van der Waals surface area contributed by atoms with Crippen LogP contribution < -0.4 is 10.1 Å². The fourth-order valence-corrected chi connectivity index (χ4v) is 3.80. The molecule has 0 saturated heterocycles. The molecule has 1 aliphatic carbocycles. The Hall–Kier alpha value is -3.29. The van der Waals surface area contributed by atoms with Crippen LogP contribution in [0.3, 0.4) is 0 Å². The Balaban J connectivity index is 1.83. The maximum Gasteiger partial charge on any atom is 0.355 e. The fraction of sp³-hybridized carbons (Fsp3) is 0.435. The number of ketones is 1. The van der Waals surface area contributed by atoms with Gasteiger partial charge >= 0.3 is 12.0 Å². The molecule has 8 heteroatoms. The third kappa shape index (κ3) is 4.57.